The summed E-state index contributed by atoms with van der Waals surface area (Å²) in [6.45, 7) is 6.41. The van der Waals surface area contributed by atoms with Crippen LogP contribution in [0.4, 0.5) is 17.1 Å². The molecule has 2 aromatic rings. The molecular formula is C18H25N3O2S. The summed E-state index contributed by atoms with van der Waals surface area (Å²) in [6, 6.07) is 13.5. The summed E-state index contributed by atoms with van der Waals surface area (Å²) in [6.07, 6.45) is 0. The molecule has 130 valence electrons. The zero-order valence-electron chi connectivity index (χ0n) is 14.8. The van der Waals surface area contributed by atoms with Crippen molar-refractivity contribution in [1.82, 2.24) is 4.31 Å². The van der Waals surface area contributed by atoms with Gasteiger partial charge in [0, 0.05) is 31.2 Å². The van der Waals surface area contributed by atoms with Crippen LogP contribution in [0.1, 0.15) is 30.9 Å². The summed E-state index contributed by atoms with van der Waals surface area (Å²) >= 11 is 0. The van der Waals surface area contributed by atoms with E-state index in [9.17, 15) is 8.42 Å². The second-order valence-corrected chi connectivity index (χ2v) is 8.17. The van der Waals surface area contributed by atoms with Crippen LogP contribution in [0.5, 0.6) is 0 Å². The Morgan fingerprint density at radius 1 is 0.958 bits per heavy atom. The SMILES string of the molecule is Cc1cccc(C(C)C)c1Nc1ccc(NS(=O)(=O)N(C)C)cc1. The fourth-order valence-corrected chi connectivity index (χ4v) is 2.97. The lowest BCUT2D eigenvalue weighted by molar-refractivity contribution is 0.527. The lowest BCUT2D eigenvalue weighted by atomic mass is 9.98. The van der Waals surface area contributed by atoms with Gasteiger partial charge in [0.1, 0.15) is 0 Å². The third-order valence-electron chi connectivity index (χ3n) is 3.81. The number of hydrogen-bond donors (Lipinski definition) is 2. The fourth-order valence-electron chi connectivity index (χ4n) is 2.35. The largest absolute Gasteiger partial charge is 0.355 e. The van der Waals surface area contributed by atoms with Crippen LogP contribution < -0.4 is 10.0 Å². The van der Waals surface area contributed by atoms with Crippen molar-refractivity contribution >= 4 is 27.3 Å². The van der Waals surface area contributed by atoms with Crippen molar-refractivity contribution in [3.8, 4) is 0 Å². The molecule has 24 heavy (non-hydrogen) atoms. The molecule has 0 aliphatic carbocycles. The Morgan fingerprint density at radius 2 is 1.54 bits per heavy atom. The first-order valence-corrected chi connectivity index (χ1v) is 9.31. The lowest BCUT2D eigenvalue weighted by Gasteiger charge is -2.18. The number of hydrogen-bond acceptors (Lipinski definition) is 3. The first-order valence-electron chi connectivity index (χ1n) is 7.87. The Labute approximate surface area is 144 Å². The topological polar surface area (TPSA) is 61.4 Å². The molecule has 0 amide bonds. The van der Waals surface area contributed by atoms with E-state index in [2.05, 4.69) is 49.0 Å². The molecule has 0 bridgehead atoms. The Bertz CT molecular complexity index is 798. The minimum absolute atomic E-state index is 0.415. The average molecular weight is 347 g/mol. The van der Waals surface area contributed by atoms with Crippen LogP contribution in [-0.4, -0.2) is 26.8 Å². The Morgan fingerprint density at radius 3 is 2.08 bits per heavy atom. The quantitative estimate of drug-likeness (QED) is 0.828. The Kier molecular flexibility index (Phi) is 5.51. The zero-order chi connectivity index (χ0) is 17.9. The van der Waals surface area contributed by atoms with E-state index in [1.54, 1.807) is 12.1 Å². The van der Waals surface area contributed by atoms with Gasteiger partial charge >= 0.3 is 10.2 Å². The van der Waals surface area contributed by atoms with Gasteiger partial charge in [-0.1, -0.05) is 32.0 Å². The van der Waals surface area contributed by atoms with E-state index in [0.29, 0.717) is 11.6 Å². The van der Waals surface area contributed by atoms with Gasteiger partial charge in [0.25, 0.3) is 0 Å². The maximum Gasteiger partial charge on any atom is 0.301 e. The van der Waals surface area contributed by atoms with Crippen LogP contribution in [-0.2, 0) is 10.2 Å². The molecule has 0 heterocycles. The van der Waals surface area contributed by atoms with Crippen LogP contribution in [0.3, 0.4) is 0 Å². The molecule has 0 fully saturated rings. The van der Waals surface area contributed by atoms with Gasteiger partial charge in [-0.05, 0) is 48.2 Å². The summed E-state index contributed by atoms with van der Waals surface area (Å²) in [5, 5.41) is 3.45. The van der Waals surface area contributed by atoms with Crippen molar-refractivity contribution in [3.05, 3.63) is 53.6 Å². The number of anilines is 3. The van der Waals surface area contributed by atoms with Gasteiger partial charge in [-0.15, -0.1) is 0 Å². The second-order valence-electron chi connectivity index (χ2n) is 6.29. The third-order valence-corrected chi connectivity index (χ3v) is 5.26. The molecule has 5 nitrogen and oxygen atoms in total. The van der Waals surface area contributed by atoms with E-state index < -0.39 is 10.2 Å². The smallest absolute Gasteiger partial charge is 0.301 e. The molecule has 0 unspecified atom stereocenters. The van der Waals surface area contributed by atoms with E-state index >= 15 is 0 Å². The Balaban J connectivity index is 2.22. The van der Waals surface area contributed by atoms with Gasteiger partial charge in [-0.2, -0.15) is 12.7 Å². The standard InChI is InChI=1S/C18H25N3O2S/c1-13(2)17-8-6-7-14(3)18(17)19-15-9-11-16(12-10-15)20-24(22,23)21(4)5/h6-13,19-20H,1-5H3. The monoisotopic (exact) mass is 347 g/mol. The highest BCUT2D eigenvalue weighted by atomic mass is 32.2. The summed E-state index contributed by atoms with van der Waals surface area (Å²) < 4.78 is 27.3. The second kappa shape index (κ2) is 7.23. The van der Waals surface area contributed by atoms with Crippen molar-refractivity contribution in [2.75, 3.05) is 24.1 Å². The number of para-hydroxylation sites is 1. The van der Waals surface area contributed by atoms with Crippen LogP contribution in [0.15, 0.2) is 42.5 Å². The minimum atomic E-state index is -3.48. The maximum absolute atomic E-state index is 11.8. The summed E-state index contributed by atoms with van der Waals surface area (Å²) in [7, 11) is -0.505. The van der Waals surface area contributed by atoms with Crippen LogP contribution in [0, 0.1) is 6.92 Å². The molecule has 0 aliphatic heterocycles. The molecule has 6 heteroatoms. The van der Waals surface area contributed by atoms with Gasteiger partial charge in [-0.25, -0.2) is 0 Å². The van der Waals surface area contributed by atoms with E-state index in [1.165, 1.54) is 25.2 Å². The van der Waals surface area contributed by atoms with E-state index in [1.807, 2.05) is 12.1 Å². The van der Waals surface area contributed by atoms with Crippen LogP contribution in [0.2, 0.25) is 0 Å². The number of rotatable bonds is 6. The predicted molar refractivity (Wildman–Crippen MR) is 101 cm³/mol. The zero-order valence-corrected chi connectivity index (χ0v) is 15.6. The highest BCUT2D eigenvalue weighted by Gasteiger charge is 2.13. The number of nitrogens with zero attached hydrogens (tertiary/aromatic N) is 1. The van der Waals surface area contributed by atoms with E-state index in [4.69, 9.17) is 0 Å². The molecule has 0 saturated carbocycles. The molecule has 2 N–H and O–H groups in total. The van der Waals surface area contributed by atoms with Gasteiger partial charge in [0.05, 0.1) is 0 Å². The van der Waals surface area contributed by atoms with E-state index in [0.717, 1.165) is 15.7 Å². The first kappa shape index (κ1) is 18.3. The molecule has 0 saturated heterocycles. The number of nitrogens with one attached hydrogen (secondary N) is 2. The maximum atomic E-state index is 11.8. The molecule has 0 radical (unpaired) electrons. The molecule has 0 atom stereocenters. The van der Waals surface area contributed by atoms with Crippen LogP contribution in [0.25, 0.3) is 0 Å². The van der Waals surface area contributed by atoms with Crippen molar-refractivity contribution in [2.24, 2.45) is 0 Å². The average Bonchev–Trinajstić information content (AvgIpc) is 2.50. The lowest BCUT2D eigenvalue weighted by Crippen LogP contribution is -2.28. The van der Waals surface area contributed by atoms with Crippen LogP contribution >= 0.6 is 0 Å². The fraction of sp³-hybridized carbons (Fsp3) is 0.333. The van der Waals surface area contributed by atoms with Crippen molar-refractivity contribution in [2.45, 2.75) is 26.7 Å². The van der Waals surface area contributed by atoms with Crippen molar-refractivity contribution in [1.29, 1.82) is 0 Å². The number of aryl methyl sites for hydroxylation is 1. The van der Waals surface area contributed by atoms with Crippen molar-refractivity contribution in [3.63, 3.8) is 0 Å². The number of benzene rings is 2. The van der Waals surface area contributed by atoms with E-state index in [-0.39, 0.29) is 0 Å². The highest BCUT2D eigenvalue weighted by molar-refractivity contribution is 7.90. The minimum Gasteiger partial charge on any atom is -0.355 e. The van der Waals surface area contributed by atoms with Gasteiger partial charge < -0.3 is 5.32 Å². The Hall–Kier alpha value is -2.05. The summed E-state index contributed by atoms with van der Waals surface area (Å²) in [5.41, 5.74) is 4.99. The third kappa shape index (κ3) is 4.27. The van der Waals surface area contributed by atoms with Gasteiger partial charge in [0.2, 0.25) is 0 Å². The normalized spacial score (nSPS) is 11.8. The summed E-state index contributed by atoms with van der Waals surface area (Å²) in [5.74, 6) is 0.415. The molecule has 2 rings (SSSR count). The molecule has 0 spiro atoms. The molecule has 2 aromatic carbocycles. The summed E-state index contributed by atoms with van der Waals surface area (Å²) in [4.78, 5) is 0. The van der Waals surface area contributed by atoms with Gasteiger partial charge in [-0.3, -0.25) is 4.72 Å². The highest BCUT2D eigenvalue weighted by Crippen LogP contribution is 2.30. The predicted octanol–water partition coefficient (Wildman–Crippen LogP) is 4.08. The van der Waals surface area contributed by atoms with Gasteiger partial charge in [0.15, 0.2) is 0 Å². The molecule has 0 aliphatic rings. The molecular weight excluding hydrogens is 322 g/mol. The van der Waals surface area contributed by atoms with Crippen molar-refractivity contribution < 1.29 is 8.42 Å². The molecule has 0 aromatic heterocycles. The first-order chi connectivity index (χ1) is 11.2.